The smallest absolute Gasteiger partial charge is 0.275 e. The fraction of sp³-hybridized carbons (Fsp3) is 0.0556. The van der Waals surface area contributed by atoms with E-state index in [-0.39, 0.29) is 10.6 Å². The number of benzene rings is 2. The van der Waals surface area contributed by atoms with E-state index in [4.69, 9.17) is 4.74 Å². The van der Waals surface area contributed by atoms with Crippen LogP contribution in [0.4, 0.5) is 11.4 Å². The van der Waals surface area contributed by atoms with Crippen LogP contribution in [0.5, 0.6) is 5.75 Å². The van der Waals surface area contributed by atoms with E-state index in [9.17, 15) is 13.2 Å². The van der Waals surface area contributed by atoms with Crippen LogP contribution in [0.15, 0.2) is 72.0 Å². The Labute approximate surface area is 156 Å². The molecule has 1 heterocycles. The molecule has 0 saturated carbocycles. The largest absolute Gasteiger partial charge is 0.495 e. The number of sulfonamides is 1. The Morgan fingerprint density at radius 3 is 2.44 bits per heavy atom. The molecule has 0 spiro atoms. The van der Waals surface area contributed by atoms with Crippen LogP contribution in [0.2, 0.25) is 0 Å². The third-order valence-electron chi connectivity index (χ3n) is 3.57. The summed E-state index contributed by atoms with van der Waals surface area (Å²) in [7, 11) is -2.35. The van der Waals surface area contributed by atoms with Gasteiger partial charge in [-0.1, -0.05) is 12.1 Å². The van der Waals surface area contributed by atoms with Crippen LogP contribution in [0.1, 0.15) is 10.5 Å². The number of aromatic nitrogens is 2. The number of hydrogen-bond acceptors (Lipinski definition) is 6. The van der Waals surface area contributed by atoms with Crippen molar-refractivity contribution in [3.8, 4) is 5.75 Å². The number of carbonyl (C=O) groups excluding carboxylic acids is 1. The second-order valence-corrected chi connectivity index (χ2v) is 7.06. The molecule has 0 unspecified atom stereocenters. The van der Waals surface area contributed by atoms with Crippen LogP contribution >= 0.6 is 0 Å². The number of ether oxygens (including phenoxy) is 1. The molecule has 0 atom stereocenters. The van der Waals surface area contributed by atoms with Crippen molar-refractivity contribution in [3.63, 3.8) is 0 Å². The topological polar surface area (TPSA) is 110 Å². The number of amides is 1. The van der Waals surface area contributed by atoms with Crippen LogP contribution < -0.4 is 14.8 Å². The molecule has 0 aliphatic rings. The summed E-state index contributed by atoms with van der Waals surface area (Å²) in [5.41, 5.74) is 0.925. The maximum Gasteiger partial charge on any atom is 0.275 e. The molecule has 0 aliphatic carbocycles. The molecule has 0 aliphatic heterocycles. The number of nitrogens with zero attached hydrogens (tertiary/aromatic N) is 2. The van der Waals surface area contributed by atoms with Gasteiger partial charge in [-0.2, -0.15) is 0 Å². The van der Waals surface area contributed by atoms with Crippen LogP contribution in [0, 0.1) is 0 Å². The predicted molar refractivity (Wildman–Crippen MR) is 100 cm³/mol. The average molecular weight is 384 g/mol. The number of anilines is 2. The summed E-state index contributed by atoms with van der Waals surface area (Å²) in [5.74, 6) is -0.0280. The fourth-order valence-corrected chi connectivity index (χ4v) is 3.33. The van der Waals surface area contributed by atoms with E-state index in [0.29, 0.717) is 17.1 Å². The Balaban J connectivity index is 1.75. The van der Waals surface area contributed by atoms with Gasteiger partial charge in [-0.3, -0.25) is 14.5 Å². The van der Waals surface area contributed by atoms with Gasteiger partial charge in [0.2, 0.25) is 0 Å². The van der Waals surface area contributed by atoms with E-state index in [2.05, 4.69) is 20.0 Å². The minimum absolute atomic E-state index is 0.0471. The Morgan fingerprint density at radius 1 is 1.04 bits per heavy atom. The molecule has 9 heteroatoms. The summed E-state index contributed by atoms with van der Waals surface area (Å²) in [4.78, 5) is 19.8. The molecule has 0 radical (unpaired) electrons. The van der Waals surface area contributed by atoms with Crippen molar-refractivity contribution in [1.82, 2.24) is 9.97 Å². The van der Waals surface area contributed by atoms with Crippen LogP contribution in [-0.4, -0.2) is 31.4 Å². The third kappa shape index (κ3) is 4.39. The van der Waals surface area contributed by atoms with Gasteiger partial charge in [0, 0.05) is 18.1 Å². The van der Waals surface area contributed by atoms with Crippen LogP contribution in [0.3, 0.4) is 0 Å². The van der Waals surface area contributed by atoms with Gasteiger partial charge < -0.3 is 10.1 Å². The van der Waals surface area contributed by atoms with E-state index >= 15 is 0 Å². The summed E-state index contributed by atoms with van der Waals surface area (Å²) in [6.07, 6.45) is 4.21. The molecule has 138 valence electrons. The highest BCUT2D eigenvalue weighted by Gasteiger charge is 2.16. The van der Waals surface area contributed by atoms with Gasteiger partial charge in [-0.05, 0) is 36.4 Å². The van der Waals surface area contributed by atoms with Crippen molar-refractivity contribution >= 4 is 27.3 Å². The number of hydrogen-bond donors (Lipinski definition) is 2. The van der Waals surface area contributed by atoms with E-state index in [1.807, 2.05) is 0 Å². The lowest BCUT2D eigenvalue weighted by Crippen LogP contribution is -2.15. The Bertz CT molecular complexity index is 1040. The van der Waals surface area contributed by atoms with Crippen molar-refractivity contribution in [1.29, 1.82) is 0 Å². The van der Waals surface area contributed by atoms with Crippen molar-refractivity contribution < 1.29 is 17.9 Å². The first-order valence-corrected chi connectivity index (χ1v) is 9.31. The number of rotatable bonds is 6. The van der Waals surface area contributed by atoms with Crippen molar-refractivity contribution in [2.24, 2.45) is 0 Å². The molecule has 27 heavy (non-hydrogen) atoms. The lowest BCUT2D eigenvalue weighted by atomic mass is 10.3. The minimum Gasteiger partial charge on any atom is -0.495 e. The SMILES string of the molecule is COc1ccccc1NS(=O)(=O)c1ccc(NC(=O)c2cnccn2)cc1. The standard InChI is InChI=1S/C18H16N4O4S/c1-26-17-5-3-2-4-15(17)22-27(24,25)14-8-6-13(7-9-14)21-18(23)16-12-19-10-11-20-16/h2-12,22H,1H3,(H,21,23). The molecule has 2 aromatic carbocycles. The highest BCUT2D eigenvalue weighted by atomic mass is 32.2. The highest BCUT2D eigenvalue weighted by Crippen LogP contribution is 2.26. The normalized spacial score (nSPS) is 10.9. The van der Waals surface area contributed by atoms with Gasteiger partial charge >= 0.3 is 0 Å². The molecule has 3 aromatic rings. The maximum absolute atomic E-state index is 12.6. The number of para-hydroxylation sites is 2. The predicted octanol–water partition coefficient (Wildman–Crippen LogP) is 2.54. The lowest BCUT2D eigenvalue weighted by Gasteiger charge is -2.12. The Hall–Kier alpha value is -3.46. The third-order valence-corrected chi connectivity index (χ3v) is 4.95. The second kappa shape index (κ2) is 7.83. The second-order valence-electron chi connectivity index (χ2n) is 5.37. The van der Waals surface area contributed by atoms with Gasteiger partial charge in [0.25, 0.3) is 15.9 Å². The maximum atomic E-state index is 12.6. The number of nitrogens with one attached hydrogen (secondary N) is 2. The van der Waals surface area contributed by atoms with Crippen LogP contribution in [0.25, 0.3) is 0 Å². The Kier molecular flexibility index (Phi) is 5.32. The molecule has 0 bridgehead atoms. The van der Waals surface area contributed by atoms with Crippen molar-refractivity contribution in [2.45, 2.75) is 4.90 Å². The van der Waals surface area contributed by atoms with E-state index in [0.717, 1.165) is 0 Å². The fourth-order valence-electron chi connectivity index (χ4n) is 2.26. The van der Waals surface area contributed by atoms with E-state index in [1.54, 1.807) is 24.3 Å². The van der Waals surface area contributed by atoms with Crippen molar-refractivity contribution in [2.75, 3.05) is 17.1 Å². The first-order valence-electron chi connectivity index (χ1n) is 7.83. The molecule has 8 nitrogen and oxygen atoms in total. The minimum atomic E-state index is -3.81. The summed E-state index contributed by atoms with van der Waals surface area (Å²) < 4.78 is 32.7. The summed E-state index contributed by atoms with van der Waals surface area (Å²) in [6, 6.07) is 12.5. The summed E-state index contributed by atoms with van der Waals surface area (Å²) >= 11 is 0. The number of methoxy groups -OCH3 is 1. The number of carbonyl (C=O) groups is 1. The molecule has 1 amide bonds. The van der Waals surface area contributed by atoms with E-state index in [1.165, 1.54) is 50.0 Å². The summed E-state index contributed by atoms with van der Waals surface area (Å²) in [6.45, 7) is 0. The van der Waals surface area contributed by atoms with Gasteiger partial charge in [-0.15, -0.1) is 0 Å². The zero-order valence-corrected chi connectivity index (χ0v) is 15.1. The van der Waals surface area contributed by atoms with Gasteiger partial charge in [0.1, 0.15) is 11.4 Å². The quantitative estimate of drug-likeness (QED) is 0.676. The lowest BCUT2D eigenvalue weighted by molar-refractivity contribution is 0.102. The van der Waals surface area contributed by atoms with Crippen molar-refractivity contribution in [3.05, 3.63) is 72.8 Å². The molecule has 2 N–H and O–H groups in total. The molecule has 0 fully saturated rings. The molecular formula is C18H16N4O4S. The van der Waals surface area contributed by atoms with Gasteiger partial charge in [-0.25, -0.2) is 13.4 Å². The van der Waals surface area contributed by atoms with Crippen LogP contribution in [-0.2, 0) is 10.0 Å². The zero-order chi connectivity index (χ0) is 19.3. The monoisotopic (exact) mass is 384 g/mol. The molecule has 1 aromatic heterocycles. The molecule has 3 rings (SSSR count). The molecule has 0 saturated heterocycles. The van der Waals surface area contributed by atoms with Gasteiger partial charge in [0.15, 0.2) is 0 Å². The molecular weight excluding hydrogens is 368 g/mol. The first kappa shape index (κ1) is 18.3. The van der Waals surface area contributed by atoms with Gasteiger partial charge in [0.05, 0.1) is 23.9 Å². The average Bonchev–Trinajstić information content (AvgIpc) is 2.69. The first-order chi connectivity index (χ1) is 13.0. The Morgan fingerprint density at radius 2 is 1.78 bits per heavy atom. The zero-order valence-electron chi connectivity index (χ0n) is 14.3. The summed E-state index contributed by atoms with van der Waals surface area (Å²) in [5, 5.41) is 2.63. The van der Waals surface area contributed by atoms with E-state index < -0.39 is 15.9 Å². The highest BCUT2D eigenvalue weighted by molar-refractivity contribution is 7.92.